The van der Waals surface area contributed by atoms with Gasteiger partial charge in [0.1, 0.15) is 11.4 Å². The van der Waals surface area contributed by atoms with E-state index in [0.29, 0.717) is 17.6 Å². The first kappa shape index (κ1) is 29.9. The minimum atomic E-state index is -4.43. The monoisotopic (exact) mass is 620 g/mol. The average Bonchev–Trinajstić information content (AvgIpc) is 3.31. The van der Waals surface area contributed by atoms with Crippen LogP contribution in [-0.4, -0.2) is 65.0 Å². The highest BCUT2D eigenvalue weighted by Gasteiger charge is 2.69. The van der Waals surface area contributed by atoms with Crippen LogP contribution in [0.3, 0.4) is 0 Å². The SMILES string of the molecule is COC(=O)C1=C(O)C[C@@H](C)[C@]2(S(=O)(=O)c3ccccc3)C(=O)N3CCc4c(n(C(=O)OC(C)(C)C)c5ccccc45)[C@H]3C[C@H]12. The van der Waals surface area contributed by atoms with Gasteiger partial charge in [0.2, 0.25) is 5.91 Å². The second-order valence-corrected chi connectivity index (χ2v) is 15.0. The van der Waals surface area contributed by atoms with Crippen LogP contribution in [0.5, 0.6) is 0 Å². The van der Waals surface area contributed by atoms with Crippen molar-refractivity contribution in [2.45, 2.75) is 68.2 Å². The number of benzene rings is 2. The number of nitrogens with zero attached hydrogens (tertiary/aromatic N) is 2. The van der Waals surface area contributed by atoms with Gasteiger partial charge in [-0.3, -0.25) is 4.79 Å². The maximum absolute atomic E-state index is 15.0. The highest BCUT2D eigenvalue weighted by Crippen LogP contribution is 2.58. The van der Waals surface area contributed by atoms with Gasteiger partial charge in [-0.15, -0.1) is 0 Å². The molecule has 1 aromatic heterocycles. The summed E-state index contributed by atoms with van der Waals surface area (Å²) < 4.78 is 39.7. The zero-order chi connectivity index (χ0) is 31.8. The minimum absolute atomic E-state index is 0.0389. The maximum atomic E-state index is 15.0. The molecule has 2 aromatic carbocycles. The predicted octanol–water partition coefficient (Wildman–Crippen LogP) is 5.11. The predicted molar refractivity (Wildman–Crippen MR) is 162 cm³/mol. The summed E-state index contributed by atoms with van der Waals surface area (Å²) in [5.74, 6) is -3.97. The second-order valence-electron chi connectivity index (χ2n) is 12.8. The molecule has 1 N–H and O–H groups in total. The van der Waals surface area contributed by atoms with Crippen LogP contribution >= 0.6 is 0 Å². The van der Waals surface area contributed by atoms with Crippen LogP contribution in [0.2, 0.25) is 0 Å². The molecule has 0 radical (unpaired) electrons. The molecule has 4 atom stereocenters. The minimum Gasteiger partial charge on any atom is -0.512 e. The van der Waals surface area contributed by atoms with Crippen LogP contribution < -0.4 is 0 Å². The number of ether oxygens (including phenoxy) is 2. The van der Waals surface area contributed by atoms with Crippen molar-refractivity contribution in [3.8, 4) is 0 Å². The molecular formula is C33H36N2O8S. The van der Waals surface area contributed by atoms with E-state index in [-0.39, 0.29) is 35.6 Å². The summed E-state index contributed by atoms with van der Waals surface area (Å²) in [6.45, 7) is 7.14. The lowest BCUT2D eigenvalue weighted by atomic mass is 9.64. The molecule has 1 aliphatic carbocycles. The van der Waals surface area contributed by atoms with E-state index in [1.54, 1.807) is 50.8 Å². The van der Waals surface area contributed by atoms with Gasteiger partial charge in [-0.05, 0) is 63.3 Å². The van der Waals surface area contributed by atoms with Crippen molar-refractivity contribution in [2.24, 2.45) is 11.8 Å². The Kier molecular flexibility index (Phi) is 6.95. The number of rotatable bonds is 3. The third kappa shape index (κ3) is 4.12. The number of methoxy groups -OCH3 is 1. The Morgan fingerprint density at radius 1 is 1.05 bits per heavy atom. The molecule has 44 heavy (non-hydrogen) atoms. The van der Waals surface area contributed by atoms with Gasteiger partial charge in [0.25, 0.3) is 0 Å². The molecule has 3 aliphatic rings. The first-order valence-corrected chi connectivity index (χ1v) is 16.2. The molecular weight excluding hydrogens is 584 g/mol. The van der Waals surface area contributed by atoms with E-state index < -0.39 is 56.0 Å². The number of hydrogen-bond donors (Lipinski definition) is 1. The average molecular weight is 621 g/mol. The number of aliphatic hydroxyl groups excluding tert-OH is 1. The fraction of sp³-hybridized carbons (Fsp3) is 0.424. The standard InChI is InChI=1S/C33H36N2O8S/c1-19-17-26(36)27(29(37)42-5)23-18-25-28-22(21-13-9-10-14-24(21)35(28)31(39)43-32(2,3)4)15-16-34(25)30(38)33(19,23)44(40,41)20-11-7-6-8-12-20/h6-14,19,23,25,36H,15-18H2,1-5H3/t19-,23-,25-,33-/m1/s1. The number of amides is 1. The topological polar surface area (TPSA) is 132 Å². The Hall–Kier alpha value is -4.12. The molecule has 1 saturated heterocycles. The molecule has 0 bridgehead atoms. The number of hydrogen-bond acceptors (Lipinski definition) is 8. The summed E-state index contributed by atoms with van der Waals surface area (Å²) in [4.78, 5) is 43.6. The first-order valence-electron chi connectivity index (χ1n) is 14.7. The smallest absolute Gasteiger partial charge is 0.419 e. The summed E-state index contributed by atoms with van der Waals surface area (Å²) in [5, 5.41) is 12.0. The third-order valence-electron chi connectivity index (χ3n) is 9.26. The molecule has 2 aliphatic heterocycles. The van der Waals surface area contributed by atoms with Crippen molar-refractivity contribution >= 4 is 38.7 Å². The van der Waals surface area contributed by atoms with E-state index in [1.165, 1.54) is 16.7 Å². The van der Waals surface area contributed by atoms with Crippen molar-refractivity contribution in [1.82, 2.24) is 9.47 Å². The van der Waals surface area contributed by atoms with Crippen molar-refractivity contribution in [2.75, 3.05) is 13.7 Å². The van der Waals surface area contributed by atoms with Gasteiger partial charge in [-0.2, -0.15) is 0 Å². The molecule has 1 fully saturated rings. The summed E-state index contributed by atoms with van der Waals surface area (Å²) in [6, 6.07) is 14.4. The summed E-state index contributed by atoms with van der Waals surface area (Å²) in [7, 11) is -3.27. The van der Waals surface area contributed by atoms with Gasteiger partial charge in [-0.1, -0.05) is 43.3 Å². The molecule has 6 rings (SSSR count). The summed E-state index contributed by atoms with van der Waals surface area (Å²) in [6.07, 6.45) is -0.468. The first-order chi connectivity index (χ1) is 20.8. The van der Waals surface area contributed by atoms with Crippen LogP contribution in [-0.2, 0) is 35.3 Å². The Labute approximate surface area is 256 Å². The number of aliphatic hydroxyl groups is 1. The van der Waals surface area contributed by atoms with Crippen molar-refractivity contribution < 1.29 is 37.4 Å². The number of piperidine rings is 1. The fourth-order valence-electron chi connectivity index (χ4n) is 7.60. The van der Waals surface area contributed by atoms with E-state index in [9.17, 15) is 23.1 Å². The van der Waals surface area contributed by atoms with E-state index in [4.69, 9.17) is 9.47 Å². The lowest BCUT2D eigenvalue weighted by Gasteiger charge is -2.55. The van der Waals surface area contributed by atoms with Gasteiger partial charge in [0.05, 0.1) is 34.8 Å². The Balaban J connectivity index is 1.62. The third-order valence-corrected chi connectivity index (χ3v) is 11.9. The molecule has 11 heteroatoms. The van der Waals surface area contributed by atoms with Crippen LogP contribution in [0.25, 0.3) is 10.9 Å². The summed E-state index contributed by atoms with van der Waals surface area (Å²) in [5.41, 5.74) is 0.961. The number of carbonyl (C=O) groups is 3. The van der Waals surface area contributed by atoms with Crippen LogP contribution in [0.15, 0.2) is 70.8 Å². The number of carbonyl (C=O) groups excluding carboxylic acids is 3. The normalized spacial score (nSPS) is 25.2. The number of fused-ring (bicyclic) bond motifs is 6. The van der Waals surface area contributed by atoms with Crippen molar-refractivity contribution in [3.63, 3.8) is 0 Å². The molecule has 232 valence electrons. The van der Waals surface area contributed by atoms with Crippen LogP contribution in [0.4, 0.5) is 4.79 Å². The molecule has 3 aromatic rings. The number of esters is 1. The number of aromatic nitrogens is 1. The van der Waals surface area contributed by atoms with Gasteiger partial charge >= 0.3 is 12.1 Å². The Morgan fingerprint density at radius 2 is 1.70 bits per heavy atom. The van der Waals surface area contributed by atoms with Gasteiger partial charge in [-0.25, -0.2) is 22.6 Å². The van der Waals surface area contributed by atoms with E-state index in [1.807, 2.05) is 24.3 Å². The molecule has 3 heterocycles. The van der Waals surface area contributed by atoms with Crippen molar-refractivity contribution in [3.05, 3.63) is 77.2 Å². The van der Waals surface area contributed by atoms with Gasteiger partial charge in [0, 0.05) is 24.3 Å². The largest absolute Gasteiger partial charge is 0.512 e. The zero-order valence-corrected chi connectivity index (χ0v) is 26.2. The summed E-state index contributed by atoms with van der Waals surface area (Å²) >= 11 is 0. The molecule has 1 amide bonds. The van der Waals surface area contributed by atoms with Crippen LogP contribution in [0, 0.1) is 11.8 Å². The number of para-hydroxylation sites is 1. The lowest BCUT2D eigenvalue weighted by molar-refractivity contribution is -0.147. The highest BCUT2D eigenvalue weighted by molar-refractivity contribution is 7.93. The lowest BCUT2D eigenvalue weighted by Crippen LogP contribution is -2.68. The van der Waals surface area contributed by atoms with E-state index >= 15 is 4.79 Å². The maximum Gasteiger partial charge on any atom is 0.419 e. The molecule has 0 spiro atoms. The van der Waals surface area contributed by atoms with Gasteiger partial charge < -0.3 is 19.5 Å². The Morgan fingerprint density at radius 3 is 2.36 bits per heavy atom. The number of allylic oxidation sites excluding steroid dienone is 1. The zero-order valence-electron chi connectivity index (χ0n) is 25.4. The molecule has 0 saturated carbocycles. The highest BCUT2D eigenvalue weighted by atomic mass is 32.2. The van der Waals surface area contributed by atoms with Gasteiger partial charge in [0.15, 0.2) is 14.6 Å². The second kappa shape index (κ2) is 10.2. The quantitative estimate of drug-likeness (QED) is 0.400. The van der Waals surface area contributed by atoms with E-state index in [2.05, 4.69) is 0 Å². The Bertz CT molecular complexity index is 1840. The number of sulfone groups is 1. The molecule has 10 nitrogen and oxygen atoms in total. The molecule has 0 unspecified atom stereocenters. The van der Waals surface area contributed by atoms with Crippen molar-refractivity contribution in [1.29, 1.82) is 0 Å². The van der Waals surface area contributed by atoms with Crippen LogP contribution in [0.1, 0.15) is 57.8 Å². The fourth-order valence-corrected chi connectivity index (χ4v) is 10.1. The van der Waals surface area contributed by atoms with E-state index in [0.717, 1.165) is 18.1 Å².